The monoisotopic (exact) mass is 422 g/mol. The molecule has 0 bridgehead atoms. The van der Waals surface area contributed by atoms with Gasteiger partial charge < -0.3 is 0 Å². The molecule has 0 atom stereocenters. The van der Waals surface area contributed by atoms with Crippen molar-refractivity contribution in [3.63, 3.8) is 0 Å². The van der Waals surface area contributed by atoms with Crippen LogP contribution in [0.4, 0.5) is 0 Å². The molecule has 2 heterocycles. The first-order valence-corrected chi connectivity index (χ1v) is 11.8. The second kappa shape index (κ2) is 5.90. The molecule has 2 aliphatic carbocycles. The largest absolute Gasteiger partial charge is 0.296 e. The third kappa shape index (κ3) is 2.03. The lowest BCUT2D eigenvalue weighted by molar-refractivity contribution is 1.12. The normalized spacial score (nSPS) is 13.5. The number of hydrogen-bond donors (Lipinski definition) is 0. The Bertz CT molecular complexity index is 1830. The van der Waals surface area contributed by atoms with E-state index in [4.69, 9.17) is 4.98 Å². The number of imidazole rings is 1. The SMILES string of the molecule is Cc1nc2c3ccccc3c3c4c(c5c(c3n2c1C)Cc1ccccc1-5)Cc1ccccc1-4. The number of benzene rings is 4. The summed E-state index contributed by atoms with van der Waals surface area (Å²) in [6.45, 7) is 4.36. The van der Waals surface area contributed by atoms with Crippen LogP contribution in [0.2, 0.25) is 0 Å². The van der Waals surface area contributed by atoms with E-state index in [0.29, 0.717) is 0 Å². The molecule has 6 aromatic rings. The minimum absolute atomic E-state index is 0.982. The molecule has 8 rings (SSSR count). The highest BCUT2D eigenvalue weighted by Gasteiger charge is 2.33. The van der Waals surface area contributed by atoms with Crippen LogP contribution in [0, 0.1) is 13.8 Å². The predicted octanol–water partition coefficient (Wildman–Crippen LogP) is 7.40. The Kier molecular flexibility index (Phi) is 3.15. The van der Waals surface area contributed by atoms with Crippen molar-refractivity contribution in [3.8, 4) is 22.3 Å². The van der Waals surface area contributed by atoms with E-state index in [1.165, 1.54) is 71.9 Å². The number of rotatable bonds is 0. The van der Waals surface area contributed by atoms with E-state index in [-0.39, 0.29) is 0 Å². The van der Waals surface area contributed by atoms with Gasteiger partial charge in [0.2, 0.25) is 0 Å². The van der Waals surface area contributed by atoms with Crippen LogP contribution in [0.3, 0.4) is 0 Å². The average molecular weight is 423 g/mol. The topological polar surface area (TPSA) is 17.3 Å². The lowest BCUT2D eigenvalue weighted by Gasteiger charge is -2.19. The summed E-state index contributed by atoms with van der Waals surface area (Å²) in [6.07, 6.45) is 1.99. The summed E-state index contributed by atoms with van der Waals surface area (Å²) in [5.41, 5.74) is 16.3. The number of nitrogens with zero attached hydrogens (tertiary/aromatic N) is 2. The van der Waals surface area contributed by atoms with Crippen LogP contribution in [0.25, 0.3) is 49.6 Å². The Morgan fingerprint density at radius 3 is 2.03 bits per heavy atom. The molecule has 2 nitrogen and oxygen atoms in total. The van der Waals surface area contributed by atoms with Crippen molar-refractivity contribution >= 4 is 27.3 Å². The van der Waals surface area contributed by atoms with Gasteiger partial charge in [0.1, 0.15) is 5.65 Å². The highest BCUT2D eigenvalue weighted by Crippen LogP contribution is 2.53. The third-order valence-corrected chi connectivity index (χ3v) is 7.99. The Balaban J connectivity index is 1.73. The van der Waals surface area contributed by atoms with E-state index in [2.05, 4.69) is 91.0 Å². The van der Waals surface area contributed by atoms with Crippen LogP contribution in [0.1, 0.15) is 33.6 Å². The smallest absolute Gasteiger partial charge is 0.145 e. The number of hydrogen-bond acceptors (Lipinski definition) is 1. The van der Waals surface area contributed by atoms with Crippen molar-refractivity contribution in [1.29, 1.82) is 0 Å². The zero-order chi connectivity index (χ0) is 21.8. The Morgan fingerprint density at radius 1 is 0.667 bits per heavy atom. The van der Waals surface area contributed by atoms with Crippen molar-refractivity contribution in [1.82, 2.24) is 9.38 Å². The molecular formula is C31H22N2. The van der Waals surface area contributed by atoms with E-state index < -0.39 is 0 Å². The van der Waals surface area contributed by atoms with Crippen LogP contribution in [-0.2, 0) is 12.8 Å². The van der Waals surface area contributed by atoms with E-state index in [1.54, 1.807) is 0 Å². The molecule has 2 aromatic heterocycles. The second-order valence-electron chi connectivity index (χ2n) is 9.59. The highest BCUT2D eigenvalue weighted by atomic mass is 15.0. The van der Waals surface area contributed by atoms with Crippen molar-refractivity contribution in [2.24, 2.45) is 0 Å². The van der Waals surface area contributed by atoms with Gasteiger partial charge in [-0.15, -0.1) is 0 Å². The van der Waals surface area contributed by atoms with Gasteiger partial charge in [-0.25, -0.2) is 4.98 Å². The molecule has 0 saturated carbocycles. The zero-order valence-electron chi connectivity index (χ0n) is 18.7. The summed E-state index contributed by atoms with van der Waals surface area (Å²) in [7, 11) is 0. The fourth-order valence-corrected chi connectivity index (χ4v) is 6.50. The lowest BCUT2D eigenvalue weighted by Crippen LogP contribution is -2.01. The average Bonchev–Trinajstić information content (AvgIpc) is 3.50. The van der Waals surface area contributed by atoms with Gasteiger partial charge in [-0.3, -0.25) is 4.40 Å². The first-order chi connectivity index (χ1) is 16.2. The van der Waals surface area contributed by atoms with Crippen molar-refractivity contribution in [2.45, 2.75) is 26.7 Å². The number of pyridine rings is 1. The van der Waals surface area contributed by atoms with E-state index in [0.717, 1.165) is 24.2 Å². The standard InChI is InChI=1S/C31H22N2/c1-17-18(2)33-30-26-16-20-10-3-5-11-21(20)27(26)25-15-19-9-4-6-12-22(19)28(25)29(30)23-13-7-8-14-24(23)31(33)32-17/h3-14H,15-16H2,1-2H3. The van der Waals surface area contributed by atoms with Gasteiger partial charge in [0, 0.05) is 22.9 Å². The fraction of sp³-hybridized carbons (Fsp3) is 0.129. The van der Waals surface area contributed by atoms with Crippen LogP contribution in [0.5, 0.6) is 0 Å². The molecule has 0 N–H and O–H groups in total. The first-order valence-electron chi connectivity index (χ1n) is 11.8. The van der Waals surface area contributed by atoms with Crippen molar-refractivity contribution < 1.29 is 0 Å². The maximum Gasteiger partial charge on any atom is 0.145 e. The van der Waals surface area contributed by atoms with Crippen molar-refractivity contribution in [2.75, 3.05) is 0 Å². The van der Waals surface area contributed by atoms with Gasteiger partial charge in [-0.1, -0.05) is 72.8 Å². The molecular weight excluding hydrogens is 400 g/mol. The minimum Gasteiger partial charge on any atom is -0.296 e. The minimum atomic E-state index is 0.982. The lowest BCUT2D eigenvalue weighted by atomic mass is 9.89. The summed E-state index contributed by atoms with van der Waals surface area (Å²) in [6, 6.07) is 26.9. The molecule has 2 heteroatoms. The van der Waals surface area contributed by atoms with Crippen LogP contribution in [0.15, 0.2) is 72.8 Å². The molecule has 0 fully saturated rings. The summed E-state index contributed by atoms with van der Waals surface area (Å²) < 4.78 is 2.46. The van der Waals surface area contributed by atoms with Gasteiger partial charge in [-0.2, -0.15) is 0 Å². The molecule has 0 saturated heterocycles. The third-order valence-electron chi connectivity index (χ3n) is 7.99. The molecule has 0 amide bonds. The molecule has 2 aliphatic rings. The Labute approximate surface area is 192 Å². The molecule has 0 spiro atoms. The van der Waals surface area contributed by atoms with E-state index >= 15 is 0 Å². The number of fused-ring (bicyclic) bond motifs is 15. The van der Waals surface area contributed by atoms with Gasteiger partial charge in [0.25, 0.3) is 0 Å². The van der Waals surface area contributed by atoms with Gasteiger partial charge in [0.05, 0.1) is 11.2 Å². The number of aromatic nitrogens is 2. The molecule has 4 aromatic carbocycles. The van der Waals surface area contributed by atoms with Gasteiger partial charge in [-0.05, 0) is 70.2 Å². The highest BCUT2D eigenvalue weighted by molar-refractivity contribution is 6.21. The first kappa shape index (κ1) is 17.6. The maximum absolute atomic E-state index is 5.07. The van der Waals surface area contributed by atoms with Gasteiger partial charge >= 0.3 is 0 Å². The summed E-state index contributed by atoms with van der Waals surface area (Å²) in [5, 5.41) is 3.95. The maximum atomic E-state index is 5.07. The Hall–Kier alpha value is -3.91. The van der Waals surface area contributed by atoms with Crippen LogP contribution in [-0.4, -0.2) is 9.38 Å². The van der Waals surface area contributed by atoms with Crippen molar-refractivity contribution in [3.05, 3.63) is 106 Å². The molecule has 0 aliphatic heterocycles. The second-order valence-corrected chi connectivity index (χ2v) is 9.59. The Morgan fingerprint density at radius 2 is 1.27 bits per heavy atom. The van der Waals surface area contributed by atoms with Crippen LogP contribution < -0.4 is 0 Å². The fourth-order valence-electron chi connectivity index (χ4n) is 6.50. The van der Waals surface area contributed by atoms with Crippen LogP contribution >= 0.6 is 0 Å². The molecule has 156 valence electrons. The van der Waals surface area contributed by atoms with E-state index in [9.17, 15) is 0 Å². The molecule has 0 unspecified atom stereocenters. The zero-order valence-corrected chi connectivity index (χ0v) is 18.7. The van der Waals surface area contributed by atoms with Gasteiger partial charge in [0.15, 0.2) is 0 Å². The summed E-state index contributed by atoms with van der Waals surface area (Å²) >= 11 is 0. The molecule has 33 heavy (non-hydrogen) atoms. The summed E-state index contributed by atoms with van der Waals surface area (Å²) in [4.78, 5) is 5.07. The molecule has 0 radical (unpaired) electrons. The number of aryl methyl sites for hydroxylation is 2. The summed E-state index contributed by atoms with van der Waals surface area (Å²) in [5.74, 6) is 0. The van der Waals surface area contributed by atoms with E-state index in [1.807, 2.05) is 0 Å². The predicted molar refractivity (Wildman–Crippen MR) is 136 cm³/mol. The quantitative estimate of drug-likeness (QED) is 0.233.